The molecule has 5 heteroatoms. The number of nitrogens with one attached hydrogen (secondary N) is 1. The normalized spacial score (nSPS) is 20.9. The summed E-state index contributed by atoms with van der Waals surface area (Å²) in [6.45, 7) is 2.73. The molecule has 0 aromatic carbocycles. The quantitative estimate of drug-likeness (QED) is 0.852. The van der Waals surface area contributed by atoms with Crippen LogP contribution in [0.3, 0.4) is 0 Å². The van der Waals surface area contributed by atoms with Gasteiger partial charge in [-0.15, -0.1) is 0 Å². The van der Waals surface area contributed by atoms with Crippen molar-refractivity contribution < 1.29 is 4.79 Å². The van der Waals surface area contributed by atoms with E-state index in [4.69, 9.17) is 11.6 Å². The standard InChI is InChI=1S/C11H16ClN3O/c1-7-9(10(12)15(2)14-7)6-8-4-3-5-13-11(8)16/h8H,3-6H2,1-2H3,(H,13,16). The minimum absolute atomic E-state index is 0.0501. The van der Waals surface area contributed by atoms with Gasteiger partial charge in [-0.2, -0.15) is 5.10 Å². The van der Waals surface area contributed by atoms with Crippen molar-refractivity contribution in [1.29, 1.82) is 0 Å². The van der Waals surface area contributed by atoms with Crippen molar-refractivity contribution in [3.05, 3.63) is 16.4 Å². The zero-order valence-corrected chi connectivity index (χ0v) is 10.3. The van der Waals surface area contributed by atoms with E-state index in [0.29, 0.717) is 11.6 Å². The Bertz CT molecular complexity index is 414. The van der Waals surface area contributed by atoms with E-state index in [-0.39, 0.29) is 11.8 Å². The van der Waals surface area contributed by atoms with Gasteiger partial charge < -0.3 is 5.32 Å². The third kappa shape index (κ3) is 2.07. The van der Waals surface area contributed by atoms with E-state index in [2.05, 4.69) is 10.4 Å². The molecule has 0 spiro atoms. The van der Waals surface area contributed by atoms with Crippen LogP contribution >= 0.6 is 11.6 Å². The van der Waals surface area contributed by atoms with Gasteiger partial charge in [-0.3, -0.25) is 9.48 Å². The number of rotatable bonds is 2. The molecule has 0 radical (unpaired) electrons. The van der Waals surface area contributed by atoms with Gasteiger partial charge in [-0.05, 0) is 26.2 Å². The molecule has 1 aromatic rings. The first-order valence-electron chi connectivity index (χ1n) is 5.55. The number of piperidine rings is 1. The van der Waals surface area contributed by atoms with Crippen molar-refractivity contribution in [3.8, 4) is 0 Å². The maximum atomic E-state index is 11.6. The second kappa shape index (κ2) is 4.45. The van der Waals surface area contributed by atoms with Crippen molar-refractivity contribution >= 4 is 17.5 Å². The summed E-state index contributed by atoms with van der Waals surface area (Å²) >= 11 is 6.15. The molecule has 1 fully saturated rings. The second-order valence-corrected chi connectivity index (χ2v) is 4.67. The summed E-state index contributed by atoms with van der Waals surface area (Å²) in [5.74, 6) is 0.194. The predicted molar refractivity (Wildman–Crippen MR) is 62.4 cm³/mol. The van der Waals surface area contributed by atoms with Crippen LogP contribution in [-0.4, -0.2) is 22.2 Å². The van der Waals surface area contributed by atoms with Gasteiger partial charge in [-0.1, -0.05) is 11.6 Å². The first-order valence-corrected chi connectivity index (χ1v) is 5.93. The summed E-state index contributed by atoms with van der Waals surface area (Å²) in [6.07, 6.45) is 2.69. The molecule has 0 bridgehead atoms. The number of aryl methyl sites for hydroxylation is 2. The lowest BCUT2D eigenvalue weighted by Crippen LogP contribution is -2.37. The van der Waals surface area contributed by atoms with E-state index >= 15 is 0 Å². The Morgan fingerprint density at radius 3 is 2.94 bits per heavy atom. The molecule has 16 heavy (non-hydrogen) atoms. The Labute approximate surface area is 100.0 Å². The van der Waals surface area contributed by atoms with Crippen LogP contribution in [-0.2, 0) is 18.3 Å². The summed E-state index contributed by atoms with van der Waals surface area (Å²) in [4.78, 5) is 11.6. The van der Waals surface area contributed by atoms with E-state index < -0.39 is 0 Å². The number of amides is 1. The Hall–Kier alpha value is -1.03. The van der Waals surface area contributed by atoms with Crippen molar-refractivity contribution in [1.82, 2.24) is 15.1 Å². The highest BCUT2D eigenvalue weighted by Crippen LogP contribution is 2.25. The highest BCUT2D eigenvalue weighted by molar-refractivity contribution is 6.30. The maximum absolute atomic E-state index is 11.6. The van der Waals surface area contributed by atoms with Gasteiger partial charge in [0.15, 0.2) is 0 Å². The Balaban J connectivity index is 2.16. The SMILES string of the molecule is Cc1nn(C)c(Cl)c1CC1CCCNC1=O. The van der Waals surface area contributed by atoms with Gasteiger partial charge in [0.2, 0.25) is 5.91 Å². The van der Waals surface area contributed by atoms with Crippen molar-refractivity contribution in [3.63, 3.8) is 0 Å². The third-order valence-corrected chi connectivity index (χ3v) is 3.59. The van der Waals surface area contributed by atoms with Gasteiger partial charge >= 0.3 is 0 Å². The molecule has 1 N–H and O–H groups in total. The fraction of sp³-hybridized carbons (Fsp3) is 0.636. The lowest BCUT2D eigenvalue weighted by molar-refractivity contribution is -0.126. The average Bonchev–Trinajstić information content (AvgIpc) is 2.48. The smallest absolute Gasteiger partial charge is 0.223 e. The van der Waals surface area contributed by atoms with Crippen LogP contribution in [0.1, 0.15) is 24.1 Å². The van der Waals surface area contributed by atoms with Gasteiger partial charge in [-0.25, -0.2) is 0 Å². The zero-order valence-electron chi connectivity index (χ0n) is 9.59. The number of carbonyl (C=O) groups excluding carboxylic acids is 1. The molecule has 1 saturated heterocycles. The van der Waals surface area contributed by atoms with Gasteiger partial charge in [0.25, 0.3) is 0 Å². The van der Waals surface area contributed by atoms with E-state index in [1.165, 1.54) is 0 Å². The molecule has 4 nitrogen and oxygen atoms in total. The zero-order chi connectivity index (χ0) is 11.7. The summed E-state index contributed by atoms with van der Waals surface area (Å²) in [7, 11) is 1.82. The van der Waals surface area contributed by atoms with Gasteiger partial charge in [0.1, 0.15) is 5.15 Å². The first-order chi connectivity index (χ1) is 7.59. The molecule has 1 atom stereocenters. The Kier molecular flexibility index (Phi) is 3.19. The maximum Gasteiger partial charge on any atom is 0.223 e. The summed E-state index contributed by atoms with van der Waals surface area (Å²) in [5.41, 5.74) is 1.93. The molecule has 1 aliphatic heterocycles. The fourth-order valence-electron chi connectivity index (χ4n) is 2.18. The number of hydrogen-bond acceptors (Lipinski definition) is 2. The van der Waals surface area contributed by atoms with Crippen molar-refractivity contribution in [2.75, 3.05) is 6.54 Å². The van der Waals surface area contributed by atoms with Crippen LogP contribution in [0.25, 0.3) is 0 Å². The van der Waals surface area contributed by atoms with Crippen LogP contribution in [0, 0.1) is 12.8 Å². The van der Waals surface area contributed by atoms with Crippen molar-refractivity contribution in [2.24, 2.45) is 13.0 Å². The molecule has 2 heterocycles. The summed E-state index contributed by atoms with van der Waals surface area (Å²) in [5, 5.41) is 7.79. The van der Waals surface area contributed by atoms with E-state index in [9.17, 15) is 4.79 Å². The molecule has 1 amide bonds. The highest BCUT2D eigenvalue weighted by Gasteiger charge is 2.25. The minimum atomic E-state index is 0.0501. The lowest BCUT2D eigenvalue weighted by atomic mass is 9.92. The molecule has 2 rings (SSSR count). The largest absolute Gasteiger partial charge is 0.356 e. The summed E-state index contributed by atoms with van der Waals surface area (Å²) in [6, 6.07) is 0. The van der Waals surface area contributed by atoms with Crippen LogP contribution in [0.4, 0.5) is 0 Å². The van der Waals surface area contributed by atoms with Crippen LogP contribution < -0.4 is 5.32 Å². The first kappa shape index (κ1) is 11.5. The monoisotopic (exact) mass is 241 g/mol. The van der Waals surface area contributed by atoms with Gasteiger partial charge in [0, 0.05) is 25.1 Å². The molecular formula is C11H16ClN3O. The predicted octanol–water partition coefficient (Wildman–Crippen LogP) is 1.45. The Morgan fingerprint density at radius 1 is 1.62 bits per heavy atom. The molecule has 1 unspecified atom stereocenters. The van der Waals surface area contributed by atoms with E-state index in [1.54, 1.807) is 4.68 Å². The average molecular weight is 242 g/mol. The molecule has 1 aliphatic rings. The lowest BCUT2D eigenvalue weighted by Gasteiger charge is -2.21. The van der Waals surface area contributed by atoms with Crippen molar-refractivity contribution in [2.45, 2.75) is 26.2 Å². The summed E-state index contributed by atoms with van der Waals surface area (Å²) < 4.78 is 1.66. The minimum Gasteiger partial charge on any atom is -0.356 e. The second-order valence-electron chi connectivity index (χ2n) is 4.31. The number of hydrogen-bond donors (Lipinski definition) is 1. The van der Waals surface area contributed by atoms with Crippen LogP contribution in [0.2, 0.25) is 5.15 Å². The van der Waals surface area contributed by atoms with E-state index in [0.717, 1.165) is 30.6 Å². The molecule has 1 aromatic heterocycles. The molecule has 0 saturated carbocycles. The third-order valence-electron chi connectivity index (χ3n) is 3.12. The van der Waals surface area contributed by atoms with Crippen LogP contribution in [0.15, 0.2) is 0 Å². The van der Waals surface area contributed by atoms with E-state index in [1.807, 2.05) is 14.0 Å². The van der Waals surface area contributed by atoms with Crippen LogP contribution in [0.5, 0.6) is 0 Å². The molecular weight excluding hydrogens is 226 g/mol. The fourth-order valence-corrected chi connectivity index (χ4v) is 2.43. The van der Waals surface area contributed by atoms with Gasteiger partial charge in [0.05, 0.1) is 5.69 Å². The topological polar surface area (TPSA) is 46.9 Å². The highest BCUT2D eigenvalue weighted by atomic mass is 35.5. The Morgan fingerprint density at radius 2 is 2.38 bits per heavy atom. The number of halogens is 1. The molecule has 0 aliphatic carbocycles. The number of carbonyl (C=O) groups is 1. The molecule has 88 valence electrons. The number of aromatic nitrogens is 2. The number of nitrogens with zero attached hydrogens (tertiary/aromatic N) is 2.